The maximum atomic E-state index is 12.3. The van der Waals surface area contributed by atoms with E-state index in [1.54, 1.807) is 0 Å². The van der Waals surface area contributed by atoms with E-state index >= 15 is 0 Å². The summed E-state index contributed by atoms with van der Waals surface area (Å²) >= 11 is 0. The van der Waals surface area contributed by atoms with Gasteiger partial charge in [0.25, 0.3) is 0 Å². The molecule has 2 saturated carbocycles. The van der Waals surface area contributed by atoms with Gasteiger partial charge in [0.1, 0.15) is 11.6 Å². The smallest absolute Gasteiger partial charge is 0.138 e. The molecule has 0 saturated heterocycles. The van der Waals surface area contributed by atoms with E-state index in [0.29, 0.717) is 25.7 Å². The van der Waals surface area contributed by atoms with Crippen LogP contribution in [0.4, 0.5) is 0 Å². The number of unbranched alkanes of at least 4 members (excludes halogenated alkanes) is 4. The molecule has 2 fully saturated rings. The second kappa shape index (κ2) is 6.65. The third-order valence-corrected chi connectivity index (χ3v) is 4.88. The van der Waals surface area contributed by atoms with Crippen LogP contribution in [-0.2, 0) is 9.59 Å². The van der Waals surface area contributed by atoms with Gasteiger partial charge in [-0.1, -0.05) is 32.6 Å². The van der Waals surface area contributed by atoms with E-state index in [9.17, 15) is 14.7 Å². The summed E-state index contributed by atoms with van der Waals surface area (Å²) < 4.78 is 0. The van der Waals surface area contributed by atoms with E-state index in [2.05, 4.69) is 6.92 Å². The van der Waals surface area contributed by atoms with Gasteiger partial charge in [0, 0.05) is 25.2 Å². The Hall–Kier alpha value is -0.700. The fourth-order valence-electron chi connectivity index (χ4n) is 3.90. The van der Waals surface area contributed by atoms with Crippen LogP contribution in [0.1, 0.15) is 64.7 Å². The Bertz CT molecular complexity index is 337. The largest absolute Gasteiger partial charge is 0.392 e. The van der Waals surface area contributed by atoms with Crippen LogP contribution in [0.3, 0.4) is 0 Å². The molecular formula is C16H26O3. The minimum Gasteiger partial charge on any atom is -0.392 e. The molecule has 1 N–H and O–H groups in total. The molecule has 0 spiro atoms. The zero-order valence-corrected chi connectivity index (χ0v) is 11.9. The monoisotopic (exact) mass is 266 g/mol. The lowest BCUT2D eigenvalue weighted by molar-refractivity contribution is -0.127. The molecule has 0 aromatic carbocycles. The van der Waals surface area contributed by atoms with E-state index in [1.165, 1.54) is 19.3 Å². The van der Waals surface area contributed by atoms with Crippen LogP contribution >= 0.6 is 0 Å². The molecule has 0 radical (unpaired) electrons. The van der Waals surface area contributed by atoms with E-state index in [-0.39, 0.29) is 29.3 Å². The third kappa shape index (κ3) is 3.44. The van der Waals surface area contributed by atoms with Crippen LogP contribution in [-0.4, -0.2) is 22.8 Å². The van der Waals surface area contributed by atoms with Crippen molar-refractivity contribution in [3.63, 3.8) is 0 Å². The number of rotatable bonds is 7. The normalized spacial score (nSPS) is 33.7. The van der Waals surface area contributed by atoms with Gasteiger partial charge in [-0.25, -0.2) is 0 Å². The average Bonchev–Trinajstić information content (AvgIpc) is 2.83. The Morgan fingerprint density at radius 1 is 1.21 bits per heavy atom. The SMILES string of the molecule is CCCCCCCC(=O)[C@@H]1[C@H]2CC(=O)C[C@H]2C[C@H]1O. The minimum atomic E-state index is -0.494. The summed E-state index contributed by atoms with van der Waals surface area (Å²) in [5.41, 5.74) is 0. The molecule has 2 aliphatic rings. The Morgan fingerprint density at radius 2 is 1.95 bits per heavy atom. The van der Waals surface area contributed by atoms with Gasteiger partial charge in [-0.2, -0.15) is 0 Å². The molecule has 0 heterocycles. The fourth-order valence-corrected chi connectivity index (χ4v) is 3.90. The van der Waals surface area contributed by atoms with Gasteiger partial charge in [-0.05, 0) is 24.7 Å². The number of hydrogen-bond donors (Lipinski definition) is 1. The summed E-state index contributed by atoms with van der Waals surface area (Å²) in [7, 11) is 0. The Labute approximate surface area is 115 Å². The first-order valence-corrected chi connectivity index (χ1v) is 7.86. The number of Topliss-reactive ketones (excluding diaryl/α,β-unsaturated/α-hetero) is 2. The maximum absolute atomic E-state index is 12.3. The van der Waals surface area contributed by atoms with Crippen molar-refractivity contribution < 1.29 is 14.7 Å². The second-order valence-corrected chi connectivity index (χ2v) is 6.33. The molecule has 19 heavy (non-hydrogen) atoms. The first-order valence-electron chi connectivity index (χ1n) is 7.86. The zero-order valence-electron chi connectivity index (χ0n) is 11.9. The molecule has 4 atom stereocenters. The van der Waals surface area contributed by atoms with Crippen molar-refractivity contribution in [2.75, 3.05) is 0 Å². The number of carbonyl (C=O) groups is 2. The highest BCUT2D eigenvalue weighted by atomic mass is 16.3. The highest BCUT2D eigenvalue weighted by Crippen LogP contribution is 2.47. The minimum absolute atomic E-state index is 0.144. The van der Waals surface area contributed by atoms with Crippen molar-refractivity contribution in [3.8, 4) is 0 Å². The van der Waals surface area contributed by atoms with Crippen molar-refractivity contribution in [2.24, 2.45) is 17.8 Å². The van der Waals surface area contributed by atoms with Crippen LogP contribution in [0.15, 0.2) is 0 Å². The van der Waals surface area contributed by atoms with Gasteiger partial charge in [0.05, 0.1) is 6.10 Å². The summed E-state index contributed by atoms with van der Waals surface area (Å²) in [5.74, 6) is 0.652. The van der Waals surface area contributed by atoms with Crippen LogP contribution < -0.4 is 0 Å². The van der Waals surface area contributed by atoms with E-state index < -0.39 is 6.10 Å². The number of fused-ring (bicyclic) bond motifs is 1. The fraction of sp³-hybridized carbons (Fsp3) is 0.875. The number of aliphatic hydroxyl groups excluding tert-OH is 1. The molecular weight excluding hydrogens is 240 g/mol. The van der Waals surface area contributed by atoms with Gasteiger partial charge in [-0.15, -0.1) is 0 Å². The van der Waals surface area contributed by atoms with Gasteiger partial charge in [0.15, 0.2) is 0 Å². The molecule has 2 aliphatic carbocycles. The molecule has 0 unspecified atom stereocenters. The molecule has 0 bridgehead atoms. The van der Waals surface area contributed by atoms with Gasteiger partial charge < -0.3 is 5.11 Å². The topological polar surface area (TPSA) is 54.4 Å². The highest BCUT2D eigenvalue weighted by Gasteiger charge is 2.50. The Kier molecular flexibility index (Phi) is 5.14. The third-order valence-electron chi connectivity index (χ3n) is 4.88. The molecule has 0 aromatic rings. The lowest BCUT2D eigenvalue weighted by Gasteiger charge is -2.19. The summed E-state index contributed by atoms with van der Waals surface area (Å²) in [4.78, 5) is 23.7. The Morgan fingerprint density at radius 3 is 2.68 bits per heavy atom. The van der Waals surface area contributed by atoms with E-state index in [4.69, 9.17) is 0 Å². The number of carbonyl (C=O) groups excluding carboxylic acids is 2. The quantitative estimate of drug-likeness (QED) is 0.721. The van der Waals surface area contributed by atoms with Gasteiger partial charge >= 0.3 is 0 Å². The summed E-state index contributed by atoms with van der Waals surface area (Å²) in [6.45, 7) is 2.18. The average molecular weight is 266 g/mol. The number of hydrogen-bond acceptors (Lipinski definition) is 3. The lowest BCUT2D eigenvalue weighted by Crippen LogP contribution is -2.28. The molecule has 108 valence electrons. The van der Waals surface area contributed by atoms with Crippen LogP contribution in [0.2, 0.25) is 0 Å². The van der Waals surface area contributed by atoms with E-state index in [0.717, 1.165) is 12.8 Å². The van der Waals surface area contributed by atoms with Crippen molar-refractivity contribution in [2.45, 2.75) is 70.8 Å². The zero-order chi connectivity index (χ0) is 13.8. The van der Waals surface area contributed by atoms with Crippen molar-refractivity contribution in [3.05, 3.63) is 0 Å². The van der Waals surface area contributed by atoms with Crippen molar-refractivity contribution in [1.82, 2.24) is 0 Å². The van der Waals surface area contributed by atoms with E-state index in [1.807, 2.05) is 0 Å². The first kappa shape index (κ1) is 14.7. The molecule has 3 heteroatoms. The van der Waals surface area contributed by atoms with Gasteiger partial charge in [0.2, 0.25) is 0 Å². The predicted octanol–water partition coefficient (Wildman–Crippen LogP) is 2.89. The van der Waals surface area contributed by atoms with Crippen LogP contribution in [0.25, 0.3) is 0 Å². The first-order chi connectivity index (χ1) is 9.13. The number of ketones is 2. The summed E-state index contributed by atoms with van der Waals surface area (Å²) in [6.07, 6.45) is 7.54. The number of aliphatic hydroxyl groups is 1. The van der Waals surface area contributed by atoms with Gasteiger partial charge in [-0.3, -0.25) is 9.59 Å². The van der Waals surface area contributed by atoms with Crippen molar-refractivity contribution >= 4 is 11.6 Å². The van der Waals surface area contributed by atoms with Crippen LogP contribution in [0, 0.1) is 17.8 Å². The second-order valence-electron chi connectivity index (χ2n) is 6.33. The molecule has 3 nitrogen and oxygen atoms in total. The maximum Gasteiger partial charge on any atom is 0.138 e. The highest BCUT2D eigenvalue weighted by molar-refractivity contribution is 5.86. The standard InChI is InChI=1S/C16H26O3/c1-2-3-4-5-6-7-14(18)16-13-10-12(17)8-11(13)9-15(16)19/h11,13,15-16,19H,2-10H2,1H3/t11-,13-,15+,16-/m0/s1. The van der Waals surface area contributed by atoms with Crippen LogP contribution in [0.5, 0.6) is 0 Å². The molecule has 0 amide bonds. The lowest BCUT2D eigenvalue weighted by atomic mass is 9.86. The summed E-state index contributed by atoms with van der Waals surface area (Å²) in [5, 5.41) is 10.1. The van der Waals surface area contributed by atoms with Crippen molar-refractivity contribution in [1.29, 1.82) is 0 Å². The Balaban J connectivity index is 1.79. The summed E-state index contributed by atoms with van der Waals surface area (Å²) in [6, 6.07) is 0. The molecule has 2 rings (SSSR count). The molecule has 0 aliphatic heterocycles. The molecule has 0 aromatic heterocycles. The predicted molar refractivity (Wildman–Crippen MR) is 73.7 cm³/mol.